The first kappa shape index (κ1) is 24.2. The van der Waals surface area contributed by atoms with Crippen molar-refractivity contribution in [3.05, 3.63) is 45.6 Å². The lowest BCUT2D eigenvalue weighted by molar-refractivity contribution is 0.0999. The van der Waals surface area contributed by atoms with Crippen LogP contribution in [0.1, 0.15) is 80.3 Å². The summed E-state index contributed by atoms with van der Waals surface area (Å²) in [5, 5.41) is 10.1. The molecule has 1 aromatic heterocycles. The van der Waals surface area contributed by atoms with Crippen molar-refractivity contribution < 1.29 is 9.90 Å². The van der Waals surface area contributed by atoms with Gasteiger partial charge in [0, 0.05) is 22.8 Å². The third-order valence-electron chi connectivity index (χ3n) is 6.58. The van der Waals surface area contributed by atoms with Crippen LogP contribution in [0.4, 0.5) is 0 Å². The van der Waals surface area contributed by atoms with Crippen molar-refractivity contribution in [2.45, 2.75) is 83.8 Å². The zero-order valence-corrected chi connectivity index (χ0v) is 19.9. The number of primary amides is 1. The Morgan fingerprint density at radius 2 is 1.65 bits per heavy atom. The smallest absolute Gasteiger partial charge is 0.250 e. The first-order chi connectivity index (χ1) is 14.9. The molecule has 0 radical (unpaired) electrons. The minimum atomic E-state index is -0.402. The summed E-state index contributed by atoms with van der Waals surface area (Å²) < 4.78 is 2.20. The summed E-state index contributed by atoms with van der Waals surface area (Å²) in [7, 11) is 0. The molecule has 1 heterocycles. The summed E-state index contributed by atoms with van der Waals surface area (Å²) in [6, 6.07) is 7.31. The van der Waals surface area contributed by atoms with E-state index in [0.717, 1.165) is 36.3 Å². The van der Waals surface area contributed by atoms with Crippen molar-refractivity contribution >= 4 is 29.1 Å². The summed E-state index contributed by atoms with van der Waals surface area (Å²) in [5.74, 6) is 0.233. The molecule has 3 N–H and O–H groups in total. The van der Waals surface area contributed by atoms with Gasteiger partial charge in [-0.15, -0.1) is 0 Å². The number of hydrogen-bond donors (Lipinski definition) is 2. The summed E-state index contributed by atoms with van der Waals surface area (Å²) in [6.07, 6.45) is 12.3. The van der Waals surface area contributed by atoms with Gasteiger partial charge in [-0.25, -0.2) is 0 Å². The van der Waals surface area contributed by atoms with Crippen molar-refractivity contribution in [3.63, 3.8) is 0 Å². The van der Waals surface area contributed by atoms with Gasteiger partial charge in [0.15, 0.2) is 0 Å². The molecule has 0 bridgehead atoms. The van der Waals surface area contributed by atoms with Gasteiger partial charge in [-0.05, 0) is 62.8 Å². The van der Waals surface area contributed by atoms with Crippen molar-refractivity contribution in [1.29, 1.82) is 0 Å². The van der Waals surface area contributed by atoms with E-state index in [9.17, 15) is 4.79 Å². The molecule has 170 valence electrons. The van der Waals surface area contributed by atoms with Crippen LogP contribution in [-0.2, 0) is 6.54 Å². The molecule has 0 spiro atoms. The molecule has 0 atom stereocenters. The van der Waals surface area contributed by atoms with E-state index in [-0.39, 0.29) is 6.10 Å². The Morgan fingerprint density at radius 1 is 1.03 bits per heavy atom. The molecule has 2 fully saturated rings. The lowest BCUT2D eigenvalue weighted by Gasteiger charge is -2.24. The van der Waals surface area contributed by atoms with E-state index < -0.39 is 5.91 Å². The zero-order valence-electron chi connectivity index (χ0n) is 18.4. The minimum absolute atomic E-state index is 0.0359. The maximum atomic E-state index is 11.8. The molecule has 0 aliphatic heterocycles. The van der Waals surface area contributed by atoms with E-state index in [1.54, 1.807) is 6.07 Å². The second-order valence-electron chi connectivity index (χ2n) is 8.92. The van der Waals surface area contributed by atoms with Crippen LogP contribution in [0.3, 0.4) is 0 Å². The van der Waals surface area contributed by atoms with E-state index in [1.807, 2.05) is 25.1 Å². The number of hydrogen-bond acceptors (Lipinski definition) is 2. The SMILES string of the molecule is Cc1c(C(N)=O)cc(-c2ccc(Cl)cc2Cl)n1CC1CCCCC1.OC1CCCCC1. The molecule has 0 saturated heterocycles. The second kappa shape index (κ2) is 11.4. The lowest BCUT2D eigenvalue weighted by atomic mass is 9.89. The number of benzene rings is 1. The predicted molar refractivity (Wildman–Crippen MR) is 129 cm³/mol. The van der Waals surface area contributed by atoms with E-state index in [2.05, 4.69) is 4.57 Å². The number of nitrogens with zero attached hydrogens (tertiary/aromatic N) is 1. The Balaban J connectivity index is 0.000000330. The molecule has 6 heteroatoms. The van der Waals surface area contributed by atoms with Gasteiger partial charge in [0.1, 0.15) is 0 Å². The van der Waals surface area contributed by atoms with Crippen LogP contribution in [0, 0.1) is 12.8 Å². The van der Waals surface area contributed by atoms with Crippen LogP contribution in [0.5, 0.6) is 0 Å². The van der Waals surface area contributed by atoms with E-state index in [1.165, 1.54) is 51.4 Å². The van der Waals surface area contributed by atoms with Crippen LogP contribution in [0.25, 0.3) is 11.3 Å². The predicted octanol–water partition coefficient (Wildman–Crippen LogP) is 6.76. The third kappa shape index (κ3) is 6.50. The van der Waals surface area contributed by atoms with Crippen LogP contribution in [-0.4, -0.2) is 21.7 Å². The lowest BCUT2D eigenvalue weighted by Crippen LogP contribution is -2.17. The number of halogens is 2. The number of nitrogens with two attached hydrogens (primary N) is 1. The van der Waals surface area contributed by atoms with Crippen molar-refractivity contribution in [3.8, 4) is 11.3 Å². The number of carbonyl (C=O) groups excluding carboxylic acids is 1. The fourth-order valence-corrected chi connectivity index (χ4v) is 5.26. The highest BCUT2D eigenvalue weighted by Gasteiger charge is 2.22. The normalized spacial score (nSPS) is 17.8. The molecular weight excluding hydrogens is 431 g/mol. The first-order valence-electron chi connectivity index (χ1n) is 11.5. The fraction of sp³-hybridized carbons (Fsp3) is 0.560. The Labute approximate surface area is 195 Å². The Bertz CT molecular complexity index is 882. The average molecular weight is 465 g/mol. The maximum absolute atomic E-state index is 11.8. The van der Waals surface area contributed by atoms with Crippen LogP contribution in [0.15, 0.2) is 24.3 Å². The van der Waals surface area contributed by atoms with Crippen molar-refractivity contribution in [1.82, 2.24) is 4.57 Å². The molecule has 2 aromatic rings. The van der Waals surface area contributed by atoms with E-state index in [0.29, 0.717) is 21.5 Å². The summed E-state index contributed by atoms with van der Waals surface area (Å²) in [5.41, 5.74) is 8.86. The summed E-state index contributed by atoms with van der Waals surface area (Å²) >= 11 is 12.4. The molecule has 2 aliphatic rings. The van der Waals surface area contributed by atoms with E-state index >= 15 is 0 Å². The van der Waals surface area contributed by atoms with Gasteiger partial charge in [0.25, 0.3) is 5.91 Å². The highest BCUT2D eigenvalue weighted by molar-refractivity contribution is 6.36. The van der Waals surface area contributed by atoms with Gasteiger partial charge in [0.05, 0.1) is 22.4 Å². The number of aliphatic hydroxyl groups excluding tert-OH is 1. The average Bonchev–Trinajstić information content (AvgIpc) is 3.06. The summed E-state index contributed by atoms with van der Waals surface area (Å²) in [4.78, 5) is 11.8. The molecule has 0 unspecified atom stereocenters. The van der Waals surface area contributed by atoms with Gasteiger partial charge in [-0.2, -0.15) is 0 Å². The van der Waals surface area contributed by atoms with Crippen LogP contribution in [0.2, 0.25) is 10.0 Å². The van der Waals surface area contributed by atoms with Crippen molar-refractivity contribution in [2.75, 3.05) is 0 Å². The third-order valence-corrected chi connectivity index (χ3v) is 7.13. The second-order valence-corrected chi connectivity index (χ2v) is 9.77. The molecule has 2 saturated carbocycles. The van der Waals surface area contributed by atoms with Gasteiger partial charge in [-0.1, -0.05) is 61.7 Å². The number of aromatic nitrogens is 1. The standard InChI is InChI=1S/C19H22Cl2N2O.C6H12O/c1-12-16(19(22)24)10-18(15-8-7-14(20)9-17(15)21)23(12)11-13-5-3-2-4-6-13;7-6-4-2-1-3-5-6/h7-10,13H,2-6,11H2,1H3,(H2,22,24);6-7H,1-5H2. The largest absolute Gasteiger partial charge is 0.393 e. The van der Waals surface area contributed by atoms with Gasteiger partial charge in [-0.3, -0.25) is 4.79 Å². The molecule has 2 aliphatic carbocycles. The molecule has 1 amide bonds. The number of carbonyl (C=O) groups is 1. The highest BCUT2D eigenvalue weighted by atomic mass is 35.5. The molecule has 1 aromatic carbocycles. The zero-order chi connectivity index (χ0) is 22.4. The van der Waals surface area contributed by atoms with Gasteiger partial charge < -0.3 is 15.4 Å². The topological polar surface area (TPSA) is 68.2 Å². The Hall–Kier alpha value is -1.49. The summed E-state index contributed by atoms with van der Waals surface area (Å²) in [6.45, 7) is 2.85. The molecule has 4 rings (SSSR count). The molecule has 4 nitrogen and oxygen atoms in total. The van der Waals surface area contributed by atoms with Crippen molar-refractivity contribution in [2.24, 2.45) is 11.7 Å². The maximum Gasteiger partial charge on any atom is 0.250 e. The van der Waals surface area contributed by atoms with Gasteiger partial charge in [0.2, 0.25) is 0 Å². The van der Waals surface area contributed by atoms with Crippen LogP contribution < -0.4 is 5.73 Å². The van der Waals surface area contributed by atoms with E-state index in [4.69, 9.17) is 34.0 Å². The Kier molecular flexibility index (Phi) is 8.88. The fourth-order valence-electron chi connectivity index (χ4n) is 4.76. The number of amides is 1. The van der Waals surface area contributed by atoms with Crippen LogP contribution >= 0.6 is 23.2 Å². The number of aliphatic hydroxyl groups is 1. The van der Waals surface area contributed by atoms with Gasteiger partial charge >= 0.3 is 0 Å². The highest BCUT2D eigenvalue weighted by Crippen LogP contribution is 2.35. The Morgan fingerprint density at radius 3 is 2.16 bits per heavy atom. The first-order valence-corrected chi connectivity index (χ1v) is 12.3. The molecular formula is C25H34Cl2N2O2. The quantitative estimate of drug-likeness (QED) is 0.524. The number of rotatable bonds is 4. The monoisotopic (exact) mass is 464 g/mol. The molecule has 31 heavy (non-hydrogen) atoms. The minimum Gasteiger partial charge on any atom is -0.393 e.